The van der Waals surface area contributed by atoms with E-state index in [2.05, 4.69) is 16.1 Å². The minimum atomic E-state index is -2.91. The molecule has 1 aliphatic rings. The molecule has 1 atom stereocenters. The third-order valence-corrected chi connectivity index (χ3v) is 5.54. The summed E-state index contributed by atoms with van der Waals surface area (Å²) in [5.74, 6) is -0.596. The van der Waals surface area contributed by atoms with Gasteiger partial charge in [0, 0.05) is 17.0 Å². The molecule has 0 bridgehead atoms. The second-order valence-corrected chi connectivity index (χ2v) is 7.15. The van der Waals surface area contributed by atoms with Gasteiger partial charge >= 0.3 is 6.61 Å². The van der Waals surface area contributed by atoms with Gasteiger partial charge in [0.15, 0.2) is 0 Å². The van der Waals surface area contributed by atoms with Crippen LogP contribution in [0.2, 0.25) is 0 Å². The van der Waals surface area contributed by atoms with Crippen LogP contribution in [0.1, 0.15) is 40.2 Å². The van der Waals surface area contributed by atoms with Gasteiger partial charge in [0.25, 0.3) is 5.91 Å². The molecule has 0 spiro atoms. The maximum atomic E-state index is 12.6. The van der Waals surface area contributed by atoms with Crippen molar-refractivity contribution in [1.82, 2.24) is 10.2 Å². The highest BCUT2D eigenvalue weighted by molar-refractivity contribution is 7.10. The van der Waals surface area contributed by atoms with Gasteiger partial charge in [-0.3, -0.25) is 9.59 Å². The number of benzene rings is 1. The molecule has 2 amide bonds. The number of rotatable bonds is 6. The summed E-state index contributed by atoms with van der Waals surface area (Å²) in [7, 11) is 0. The highest BCUT2D eigenvalue weighted by Crippen LogP contribution is 2.35. The second kappa shape index (κ2) is 8.47. The molecule has 0 radical (unpaired) electrons. The van der Waals surface area contributed by atoms with Gasteiger partial charge in [0.05, 0.1) is 12.6 Å². The van der Waals surface area contributed by atoms with Crippen LogP contribution in [0.3, 0.4) is 0 Å². The number of halogens is 2. The Morgan fingerprint density at radius 3 is 2.70 bits per heavy atom. The first-order valence-corrected chi connectivity index (χ1v) is 9.56. The van der Waals surface area contributed by atoms with E-state index in [0.29, 0.717) is 6.54 Å². The molecule has 27 heavy (non-hydrogen) atoms. The summed E-state index contributed by atoms with van der Waals surface area (Å²) in [4.78, 5) is 28.0. The lowest BCUT2D eigenvalue weighted by atomic mass is 9.98. The molecule has 0 saturated carbocycles. The van der Waals surface area contributed by atoms with Gasteiger partial charge in [-0.2, -0.15) is 8.78 Å². The Morgan fingerprint density at radius 2 is 2.04 bits per heavy atom. The van der Waals surface area contributed by atoms with Gasteiger partial charge in [0.2, 0.25) is 5.91 Å². The number of nitrogens with one attached hydrogen (secondary N) is 1. The Labute approximate surface area is 159 Å². The largest absolute Gasteiger partial charge is 0.435 e. The molecule has 1 aliphatic heterocycles. The van der Waals surface area contributed by atoms with E-state index in [-0.39, 0.29) is 29.8 Å². The third-order valence-electron chi connectivity index (χ3n) is 4.54. The zero-order chi connectivity index (χ0) is 19.4. The van der Waals surface area contributed by atoms with Crippen LogP contribution in [-0.2, 0) is 11.2 Å². The minimum Gasteiger partial charge on any atom is -0.435 e. The first-order valence-electron chi connectivity index (χ1n) is 8.68. The van der Waals surface area contributed by atoms with Crippen LogP contribution in [0, 0.1) is 0 Å². The molecule has 2 heterocycles. The number of carbonyl (C=O) groups is 2. The monoisotopic (exact) mass is 394 g/mol. The Hall–Kier alpha value is -2.48. The first-order chi connectivity index (χ1) is 13.0. The molecule has 0 unspecified atom stereocenters. The van der Waals surface area contributed by atoms with E-state index in [9.17, 15) is 18.4 Å². The number of hydrogen-bond acceptors (Lipinski definition) is 4. The molecule has 0 aliphatic carbocycles. The first kappa shape index (κ1) is 19.3. The van der Waals surface area contributed by atoms with Crippen molar-refractivity contribution in [1.29, 1.82) is 0 Å². The van der Waals surface area contributed by atoms with Crippen LogP contribution in [0.15, 0.2) is 35.7 Å². The van der Waals surface area contributed by atoms with Crippen molar-refractivity contribution in [3.05, 3.63) is 51.7 Å². The molecule has 3 rings (SSSR count). The van der Waals surface area contributed by atoms with Crippen LogP contribution in [0.25, 0.3) is 0 Å². The summed E-state index contributed by atoms with van der Waals surface area (Å²) < 4.78 is 28.6. The van der Waals surface area contributed by atoms with E-state index in [1.54, 1.807) is 11.3 Å². The van der Waals surface area contributed by atoms with E-state index in [0.717, 1.165) is 12.8 Å². The summed E-state index contributed by atoms with van der Waals surface area (Å²) in [6, 6.07) is 7.44. The maximum absolute atomic E-state index is 12.6. The summed E-state index contributed by atoms with van der Waals surface area (Å²) in [5, 5.41) is 4.65. The van der Waals surface area contributed by atoms with E-state index in [4.69, 9.17) is 0 Å². The number of ether oxygens (including phenoxy) is 1. The predicted molar refractivity (Wildman–Crippen MR) is 98.2 cm³/mol. The third kappa shape index (κ3) is 4.44. The van der Waals surface area contributed by atoms with Crippen molar-refractivity contribution >= 4 is 23.2 Å². The molecule has 5 nitrogen and oxygen atoms in total. The fourth-order valence-corrected chi connectivity index (χ4v) is 4.21. The van der Waals surface area contributed by atoms with Gasteiger partial charge < -0.3 is 15.0 Å². The molecule has 144 valence electrons. The van der Waals surface area contributed by atoms with Crippen LogP contribution in [0.4, 0.5) is 8.78 Å². The Balaban J connectivity index is 1.58. The topological polar surface area (TPSA) is 58.6 Å². The van der Waals surface area contributed by atoms with Crippen molar-refractivity contribution in [2.24, 2.45) is 0 Å². The van der Waals surface area contributed by atoms with Crippen molar-refractivity contribution in [3.63, 3.8) is 0 Å². The average molecular weight is 394 g/mol. The summed E-state index contributed by atoms with van der Waals surface area (Å²) in [6.45, 7) is -0.342. The zero-order valence-corrected chi connectivity index (χ0v) is 15.6. The van der Waals surface area contributed by atoms with Gasteiger partial charge in [-0.05, 0) is 54.1 Å². The predicted octanol–water partition coefficient (Wildman–Crippen LogP) is 3.62. The number of fused-ring (bicyclic) bond motifs is 1. The highest BCUT2D eigenvalue weighted by atomic mass is 32.1. The normalized spacial score (nSPS) is 16.1. The van der Waals surface area contributed by atoms with Crippen LogP contribution >= 0.6 is 11.3 Å². The quantitative estimate of drug-likeness (QED) is 0.814. The fourth-order valence-electron chi connectivity index (χ4n) is 3.28. The van der Waals surface area contributed by atoms with Crippen molar-refractivity contribution in [2.45, 2.75) is 32.4 Å². The molecule has 1 aromatic heterocycles. The van der Waals surface area contributed by atoms with Crippen molar-refractivity contribution in [3.8, 4) is 5.75 Å². The van der Waals surface area contributed by atoms with E-state index in [1.165, 1.54) is 34.7 Å². The number of carbonyl (C=O) groups excluding carboxylic acids is 2. The number of alkyl halides is 2. The molecule has 1 aromatic carbocycles. The second-order valence-electron chi connectivity index (χ2n) is 6.15. The Morgan fingerprint density at radius 1 is 1.30 bits per heavy atom. The number of thiophene rings is 1. The van der Waals surface area contributed by atoms with E-state index < -0.39 is 12.5 Å². The van der Waals surface area contributed by atoms with Crippen LogP contribution < -0.4 is 10.1 Å². The zero-order valence-electron chi connectivity index (χ0n) is 14.8. The van der Waals surface area contributed by atoms with Gasteiger partial charge in [-0.25, -0.2) is 0 Å². The lowest BCUT2D eigenvalue weighted by Gasteiger charge is -2.35. The molecule has 0 fully saturated rings. The Kier molecular flexibility index (Phi) is 6.05. The maximum Gasteiger partial charge on any atom is 0.387 e. The lowest BCUT2D eigenvalue weighted by molar-refractivity contribution is -0.133. The summed E-state index contributed by atoms with van der Waals surface area (Å²) >= 11 is 1.71. The van der Waals surface area contributed by atoms with Gasteiger partial charge in [-0.1, -0.05) is 6.92 Å². The highest BCUT2D eigenvalue weighted by Gasteiger charge is 2.30. The van der Waals surface area contributed by atoms with E-state index >= 15 is 0 Å². The molecule has 0 saturated heterocycles. The van der Waals surface area contributed by atoms with Gasteiger partial charge in [-0.15, -0.1) is 11.3 Å². The minimum absolute atomic E-state index is 0.0247. The standard InChI is InChI=1S/C19H20F2N2O3S/c1-2-15-14-8-10-27-16(14)7-9-23(15)17(24)11-22-18(25)12-3-5-13(6-4-12)26-19(20)21/h3-6,8,10,15,19H,2,7,9,11H2,1H3,(H,22,25)/t15-/m1/s1. The molecule has 2 aromatic rings. The fraction of sp³-hybridized carbons (Fsp3) is 0.368. The number of amides is 2. The average Bonchev–Trinajstić information content (AvgIpc) is 3.14. The van der Waals surface area contributed by atoms with Gasteiger partial charge in [0.1, 0.15) is 5.75 Å². The Bertz CT molecular complexity index is 808. The number of hydrogen-bond donors (Lipinski definition) is 1. The summed E-state index contributed by atoms with van der Waals surface area (Å²) in [5.41, 5.74) is 1.47. The van der Waals surface area contributed by atoms with Crippen molar-refractivity contribution in [2.75, 3.05) is 13.1 Å². The number of nitrogens with zero attached hydrogens (tertiary/aromatic N) is 1. The summed E-state index contributed by atoms with van der Waals surface area (Å²) in [6.07, 6.45) is 1.64. The molecule has 1 N–H and O–H groups in total. The lowest BCUT2D eigenvalue weighted by Crippen LogP contribution is -2.44. The molecular weight excluding hydrogens is 374 g/mol. The van der Waals surface area contributed by atoms with Crippen LogP contribution in [0.5, 0.6) is 5.75 Å². The van der Waals surface area contributed by atoms with Crippen molar-refractivity contribution < 1.29 is 23.1 Å². The SMILES string of the molecule is CC[C@@H]1c2ccsc2CCN1C(=O)CNC(=O)c1ccc(OC(F)F)cc1. The molecular formula is C19H20F2N2O3S. The van der Waals surface area contributed by atoms with E-state index in [1.807, 2.05) is 17.2 Å². The smallest absolute Gasteiger partial charge is 0.387 e. The molecule has 8 heteroatoms. The van der Waals surface area contributed by atoms with Crippen LogP contribution in [-0.4, -0.2) is 36.4 Å².